The molecule has 0 aromatic rings. The standard InChI is InChI=1S/C11H24N2O2/c1-3-4-10(14)8-13-11(15)6-5-9(2)7-12/h9-10,14H,3-8,12H2,1-2H3,(H,13,15). The van der Waals surface area contributed by atoms with Crippen molar-refractivity contribution in [2.24, 2.45) is 11.7 Å². The van der Waals surface area contributed by atoms with E-state index in [1.165, 1.54) is 0 Å². The third-order valence-corrected chi connectivity index (χ3v) is 2.42. The fourth-order valence-corrected chi connectivity index (χ4v) is 1.25. The monoisotopic (exact) mass is 216 g/mol. The van der Waals surface area contributed by atoms with E-state index in [1.54, 1.807) is 0 Å². The number of hydrogen-bond donors (Lipinski definition) is 3. The first kappa shape index (κ1) is 14.4. The molecule has 90 valence electrons. The predicted molar refractivity (Wildman–Crippen MR) is 61.4 cm³/mol. The average molecular weight is 216 g/mol. The molecule has 15 heavy (non-hydrogen) atoms. The van der Waals surface area contributed by atoms with Crippen LogP contribution in [-0.2, 0) is 4.79 Å². The van der Waals surface area contributed by atoms with E-state index in [0.29, 0.717) is 25.4 Å². The molecule has 0 saturated carbocycles. The van der Waals surface area contributed by atoms with E-state index >= 15 is 0 Å². The van der Waals surface area contributed by atoms with Gasteiger partial charge in [-0.05, 0) is 25.3 Å². The van der Waals surface area contributed by atoms with Crippen LogP contribution in [0.3, 0.4) is 0 Å². The third kappa shape index (κ3) is 8.39. The molecule has 2 unspecified atom stereocenters. The lowest BCUT2D eigenvalue weighted by Gasteiger charge is -2.11. The molecule has 0 aliphatic rings. The summed E-state index contributed by atoms with van der Waals surface area (Å²) >= 11 is 0. The molecule has 0 aliphatic carbocycles. The molecular formula is C11H24N2O2. The molecule has 0 radical (unpaired) electrons. The summed E-state index contributed by atoms with van der Waals surface area (Å²) in [6.45, 7) is 5.02. The number of hydrogen-bond acceptors (Lipinski definition) is 3. The normalized spacial score (nSPS) is 14.7. The Balaban J connectivity index is 3.48. The van der Waals surface area contributed by atoms with Gasteiger partial charge in [-0.25, -0.2) is 0 Å². The second-order valence-corrected chi connectivity index (χ2v) is 4.13. The molecule has 0 fully saturated rings. The second kappa shape index (κ2) is 8.68. The van der Waals surface area contributed by atoms with Crippen LogP contribution in [0.2, 0.25) is 0 Å². The van der Waals surface area contributed by atoms with Crippen molar-refractivity contribution < 1.29 is 9.90 Å². The Kier molecular flexibility index (Phi) is 8.33. The SMILES string of the molecule is CCCC(O)CNC(=O)CCC(C)CN. The number of amides is 1. The lowest BCUT2D eigenvalue weighted by Crippen LogP contribution is -2.32. The van der Waals surface area contributed by atoms with Crippen molar-refractivity contribution in [3.8, 4) is 0 Å². The van der Waals surface area contributed by atoms with Crippen molar-refractivity contribution in [3.63, 3.8) is 0 Å². The topological polar surface area (TPSA) is 75.3 Å². The van der Waals surface area contributed by atoms with Crippen LogP contribution >= 0.6 is 0 Å². The predicted octanol–water partition coefficient (Wildman–Crippen LogP) is 0.639. The highest BCUT2D eigenvalue weighted by Crippen LogP contribution is 2.02. The molecule has 0 spiro atoms. The van der Waals surface area contributed by atoms with Gasteiger partial charge in [-0.15, -0.1) is 0 Å². The van der Waals surface area contributed by atoms with Crippen LogP contribution in [0.15, 0.2) is 0 Å². The Morgan fingerprint density at radius 1 is 1.47 bits per heavy atom. The maximum atomic E-state index is 11.3. The fraction of sp³-hybridized carbons (Fsp3) is 0.909. The van der Waals surface area contributed by atoms with Crippen molar-refractivity contribution in [2.75, 3.05) is 13.1 Å². The van der Waals surface area contributed by atoms with E-state index < -0.39 is 6.10 Å². The summed E-state index contributed by atoms with van der Waals surface area (Å²) in [6.07, 6.45) is 2.57. The number of aliphatic hydroxyl groups excluding tert-OH is 1. The molecule has 0 rings (SSSR count). The van der Waals surface area contributed by atoms with Gasteiger partial charge >= 0.3 is 0 Å². The van der Waals surface area contributed by atoms with Crippen LogP contribution in [-0.4, -0.2) is 30.2 Å². The first-order valence-corrected chi connectivity index (χ1v) is 5.75. The van der Waals surface area contributed by atoms with Crippen molar-refractivity contribution in [1.29, 1.82) is 0 Å². The summed E-state index contributed by atoms with van der Waals surface area (Å²) < 4.78 is 0. The van der Waals surface area contributed by atoms with Crippen LogP contribution < -0.4 is 11.1 Å². The average Bonchev–Trinajstić information content (AvgIpc) is 2.23. The Morgan fingerprint density at radius 2 is 2.13 bits per heavy atom. The van der Waals surface area contributed by atoms with Gasteiger partial charge in [-0.3, -0.25) is 4.79 Å². The fourth-order valence-electron chi connectivity index (χ4n) is 1.25. The first-order valence-electron chi connectivity index (χ1n) is 5.75. The van der Waals surface area contributed by atoms with Crippen molar-refractivity contribution >= 4 is 5.91 Å². The van der Waals surface area contributed by atoms with E-state index in [1.807, 2.05) is 13.8 Å². The van der Waals surface area contributed by atoms with Gasteiger partial charge in [0.2, 0.25) is 5.91 Å². The molecule has 4 nitrogen and oxygen atoms in total. The Labute approximate surface area is 92.2 Å². The van der Waals surface area contributed by atoms with E-state index in [4.69, 9.17) is 5.73 Å². The maximum absolute atomic E-state index is 11.3. The molecule has 0 bridgehead atoms. The van der Waals surface area contributed by atoms with Gasteiger partial charge in [0, 0.05) is 13.0 Å². The van der Waals surface area contributed by atoms with Crippen LogP contribution in [0, 0.1) is 5.92 Å². The summed E-state index contributed by atoms with van der Waals surface area (Å²) in [7, 11) is 0. The largest absolute Gasteiger partial charge is 0.391 e. The molecule has 4 N–H and O–H groups in total. The summed E-state index contributed by atoms with van der Waals surface area (Å²) in [6, 6.07) is 0. The Bertz CT molecular complexity index is 174. The van der Waals surface area contributed by atoms with Crippen LogP contribution in [0.25, 0.3) is 0 Å². The van der Waals surface area contributed by atoms with Crippen LogP contribution in [0.4, 0.5) is 0 Å². The summed E-state index contributed by atoms with van der Waals surface area (Å²) in [5.74, 6) is 0.391. The highest BCUT2D eigenvalue weighted by molar-refractivity contribution is 5.75. The zero-order valence-corrected chi connectivity index (χ0v) is 9.83. The molecule has 0 heterocycles. The first-order chi connectivity index (χ1) is 7.10. The highest BCUT2D eigenvalue weighted by atomic mass is 16.3. The molecule has 0 aromatic heterocycles. The smallest absolute Gasteiger partial charge is 0.220 e. The molecule has 0 aliphatic heterocycles. The van der Waals surface area contributed by atoms with Crippen molar-refractivity contribution in [3.05, 3.63) is 0 Å². The summed E-state index contributed by atoms with van der Waals surface area (Å²) in [5.41, 5.74) is 5.45. The zero-order chi connectivity index (χ0) is 11.7. The number of carbonyl (C=O) groups excluding carboxylic acids is 1. The zero-order valence-electron chi connectivity index (χ0n) is 9.83. The quantitative estimate of drug-likeness (QED) is 0.557. The molecule has 1 amide bonds. The number of nitrogens with two attached hydrogens (primary N) is 1. The number of carbonyl (C=O) groups is 1. The summed E-state index contributed by atoms with van der Waals surface area (Å²) in [5, 5.41) is 12.1. The van der Waals surface area contributed by atoms with Gasteiger partial charge in [-0.1, -0.05) is 20.3 Å². The van der Waals surface area contributed by atoms with E-state index in [9.17, 15) is 9.90 Å². The number of aliphatic hydroxyl groups is 1. The molecular weight excluding hydrogens is 192 g/mol. The van der Waals surface area contributed by atoms with Gasteiger partial charge in [0.05, 0.1) is 6.10 Å². The Morgan fingerprint density at radius 3 is 2.67 bits per heavy atom. The molecule has 0 aromatic carbocycles. The van der Waals surface area contributed by atoms with Crippen LogP contribution in [0.1, 0.15) is 39.5 Å². The number of nitrogens with one attached hydrogen (secondary N) is 1. The van der Waals surface area contributed by atoms with Gasteiger partial charge in [0.25, 0.3) is 0 Å². The van der Waals surface area contributed by atoms with E-state index in [0.717, 1.165) is 19.3 Å². The van der Waals surface area contributed by atoms with Crippen LogP contribution in [0.5, 0.6) is 0 Å². The van der Waals surface area contributed by atoms with Gasteiger partial charge in [-0.2, -0.15) is 0 Å². The third-order valence-electron chi connectivity index (χ3n) is 2.42. The lowest BCUT2D eigenvalue weighted by atomic mass is 10.1. The van der Waals surface area contributed by atoms with Crippen molar-refractivity contribution in [2.45, 2.75) is 45.6 Å². The van der Waals surface area contributed by atoms with E-state index in [-0.39, 0.29) is 5.91 Å². The Hall–Kier alpha value is -0.610. The lowest BCUT2D eigenvalue weighted by molar-refractivity contribution is -0.121. The second-order valence-electron chi connectivity index (χ2n) is 4.13. The minimum absolute atomic E-state index is 0.00505. The minimum Gasteiger partial charge on any atom is -0.391 e. The van der Waals surface area contributed by atoms with Crippen molar-refractivity contribution in [1.82, 2.24) is 5.32 Å². The summed E-state index contributed by atoms with van der Waals surface area (Å²) in [4.78, 5) is 11.3. The molecule has 0 saturated heterocycles. The highest BCUT2D eigenvalue weighted by Gasteiger charge is 2.07. The van der Waals surface area contributed by atoms with Gasteiger partial charge < -0.3 is 16.2 Å². The molecule has 2 atom stereocenters. The number of rotatable bonds is 8. The van der Waals surface area contributed by atoms with E-state index in [2.05, 4.69) is 5.32 Å². The van der Waals surface area contributed by atoms with Gasteiger partial charge in [0.15, 0.2) is 0 Å². The maximum Gasteiger partial charge on any atom is 0.220 e. The molecule has 4 heteroatoms. The van der Waals surface area contributed by atoms with Gasteiger partial charge in [0.1, 0.15) is 0 Å². The minimum atomic E-state index is -0.411.